The van der Waals surface area contributed by atoms with Gasteiger partial charge in [0.05, 0.1) is 0 Å². The molecule has 1 aliphatic rings. The third kappa shape index (κ3) is 5.13. The largest absolute Gasteiger partial charge is 0.368 e. The maximum atomic E-state index is 11.8. The average molecular weight is 344 g/mol. The smallest absolute Gasteiger partial charge is 0.241 e. The fourth-order valence-corrected chi connectivity index (χ4v) is 2.84. The van der Waals surface area contributed by atoms with Crippen LogP contribution in [0.25, 0.3) is 0 Å². The summed E-state index contributed by atoms with van der Waals surface area (Å²) >= 11 is 0. The second kappa shape index (κ2) is 8.41. The van der Waals surface area contributed by atoms with Crippen LogP contribution in [0, 0.1) is 6.92 Å². The van der Waals surface area contributed by atoms with Crippen LogP contribution in [0.2, 0.25) is 0 Å². The quantitative estimate of drug-likeness (QED) is 0.709. The molecule has 0 radical (unpaired) electrons. The van der Waals surface area contributed by atoms with Crippen LogP contribution in [0.15, 0.2) is 18.7 Å². The molecule has 0 aliphatic carbocycles. The summed E-state index contributed by atoms with van der Waals surface area (Å²) in [5.41, 5.74) is 0. The highest BCUT2D eigenvalue weighted by Crippen LogP contribution is 2.20. The van der Waals surface area contributed by atoms with E-state index < -0.39 is 0 Å². The summed E-state index contributed by atoms with van der Waals surface area (Å²) in [6.07, 6.45) is 6.64. The molecule has 1 saturated heterocycles. The van der Waals surface area contributed by atoms with Gasteiger partial charge in [0.15, 0.2) is 0 Å². The number of hydrogen-bond acceptors (Lipinski definition) is 7. The zero-order valence-corrected chi connectivity index (χ0v) is 14.5. The summed E-state index contributed by atoms with van der Waals surface area (Å²) in [7, 11) is 0. The molecule has 0 bridgehead atoms. The van der Waals surface area contributed by atoms with Gasteiger partial charge < -0.3 is 15.5 Å². The number of piperidine rings is 1. The van der Waals surface area contributed by atoms with E-state index in [-0.39, 0.29) is 12.5 Å². The zero-order valence-electron chi connectivity index (χ0n) is 14.5. The number of carbonyl (C=O) groups excluding carboxylic acids is 1. The van der Waals surface area contributed by atoms with Crippen molar-refractivity contribution in [3.05, 3.63) is 24.5 Å². The standard InChI is InChI=1S/C16H24N8O/c1-13-21-14(9-15(22-13)23-7-3-2-4-8-23)18-5-6-19-16(25)10-24-12-17-11-20-24/h9,11-12H,2-8,10H2,1H3,(H,19,25)(H,18,21,22). The van der Waals surface area contributed by atoms with Crippen molar-refractivity contribution >= 4 is 17.5 Å². The minimum Gasteiger partial charge on any atom is -0.368 e. The Bertz CT molecular complexity index is 681. The van der Waals surface area contributed by atoms with E-state index in [2.05, 4.69) is 35.6 Å². The van der Waals surface area contributed by atoms with E-state index in [1.165, 1.54) is 36.6 Å². The number of aromatic nitrogens is 5. The second-order valence-corrected chi connectivity index (χ2v) is 6.08. The molecule has 3 rings (SSSR count). The number of hydrogen-bond donors (Lipinski definition) is 2. The monoisotopic (exact) mass is 344 g/mol. The number of nitrogens with zero attached hydrogens (tertiary/aromatic N) is 6. The highest BCUT2D eigenvalue weighted by Gasteiger charge is 2.13. The van der Waals surface area contributed by atoms with Gasteiger partial charge in [-0.15, -0.1) is 0 Å². The summed E-state index contributed by atoms with van der Waals surface area (Å²) in [5.74, 6) is 2.42. The summed E-state index contributed by atoms with van der Waals surface area (Å²) in [4.78, 5) is 26.9. The molecule has 0 aromatic carbocycles. The van der Waals surface area contributed by atoms with Gasteiger partial charge >= 0.3 is 0 Å². The van der Waals surface area contributed by atoms with E-state index in [0.717, 1.165) is 30.5 Å². The van der Waals surface area contributed by atoms with Gasteiger partial charge in [0.2, 0.25) is 5.91 Å². The number of anilines is 2. The zero-order chi connectivity index (χ0) is 17.5. The van der Waals surface area contributed by atoms with E-state index in [4.69, 9.17) is 0 Å². The molecule has 1 aliphatic heterocycles. The minimum absolute atomic E-state index is 0.0971. The molecular formula is C16H24N8O. The first kappa shape index (κ1) is 17.1. The van der Waals surface area contributed by atoms with Crippen molar-refractivity contribution in [3.8, 4) is 0 Å². The third-order valence-electron chi connectivity index (χ3n) is 4.03. The molecule has 9 heteroatoms. The molecule has 3 heterocycles. The van der Waals surface area contributed by atoms with Gasteiger partial charge in [0.1, 0.15) is 36.7 Å². The van der Waals surface area contributed by atoms with Crippen LogP contribution < -0.4 is 15.5 Å². The van der Waals surface area contributed by atoms with Crippen LogP contribution in [0.1, 0.15) is 25.1 Å². The number of amides is 1. The Hall–Kier alpha value is -2.71. The van der Waals surface area contributed by atoms with E-state index in [9.17, 15) is 4.79 Å². The number of carbonyl (C=O) groups is 1. The van der Waals surface area contributed by atoms with Crippen LogP contribution >= 0.6 is 0 Å². The highest BCUT2D eigenvalue weighted by molar-refractivity contribution is 5.75. The number of aryl methyl sites for hydroxylation is 1. The first-order valence-corrected chi connectivity index (χ1v) is 8.64. The van der Waals surface area contributed by atoms with Crippen molar-refractivity contribution < 1.29 is 4.79 Å². The Morgan fingerprint density at radius 2 is 2.04 bits per heavy atom. The third-order valence-corrected chi connectivity index (χ3v) is 4.03. The van der Waals surface area contributed by atoms with Crippen LogP contribution in [0.5, 0.6) is 0 Å². The second-order valence-electron chi connectivity index (χ2n) is 6.08. The van der Waals surface area contributed by atoms with E-state index >= 15 is 0 Å². The Labute approximate surface area is 146 Å². The topological polar surface area (TPSA) is 101 Å². The van der Waals surface area contributed by atoms with Crippen molar-refractivity contribution in [2.24, 2.45) is 0 Å². The molecule has 2 aromatic heterocycles. The molecule has 0 unspecified atom stereocenters. The SMILES string of the molecule is Cc1nc(NCCNC(=O)Cn2cncn2)cc(N2CCCCC2)n1. The summed E-state index contributed by atoms with van der Waals surface area (Å²) in [6, 6.07) is 1.98. The van der Waals surface area contributed by atoms with Crippen molar-refractivity contribution in [1.29, 1.82) is 0 Å². The average Bonchev–Trinajstić information content (AvgIpc) is 3.12. The normalized spacial score (nSPS) is 14.4. The van der Waals surface area contributed by atoms with Crippen molar-refractivity contribution in [2.45, 2.75) is 32.7 Å². The van der Waals surface area contributed by atoms with E-state index in [1.807, 2.05) is 13.0 Å². The van der Waals surface area contributed by atoms with Crippen LogP contribution in [0.3, 0.4) is 0 Å². The lowest BCUT2D eigenvalue weighted by molar-refractivity contribution is -0.121. The molecule has 0 saturated carbocycles. The highest BCUT2D eigenvalue weighted by atomic mass is 16.2. The number of rotatable bonds is 7. The molecule has 9 nitrogen and oxygen atoms in total. The minimum atomic E-state index is -0.0971. The van der Waals surface area contributed by atoms with Crippen molar-refractivity contribution in [1.82, 2.24) is 30.0 Å². The Balaban J connectivity index is 1.46. The first-order valence-electron chi connectivity index (χ1n) is 8.64. The Morgan fingerprint density at radius 1 is 1.20 bits per heavy atom. The van der Waals surface area contributed by atoms with Gasteiger partial charge in [-0.2, -0.15) is 5.10 Å². The van der Waals surface area contributed by atoms with Crippen LogP contribution in [0.4, 0.5) is 11.6 Å². The maximum absolute atomic E-state index is 11.8. The van der Waals surface area contributed by atoms with E-state index in [0.29, 0.717) is 13.1 Å². The molecular weight excluding hydrogens is 320 g/mol. The van der Waals surface area contributed by atoms with Gasteiger partial charge in [-0.25, -0.2) is 19.6 Å². The van der Waals surface area contributed by atoms with E-state index in [1.54, 1.807) is 0 Å². The van der Waals surface area contributed by atoms with Crippen LogP contribution in [-0.2, 0) is 11.3 Å². The molecule has 1 amide bonds. The Kier molecular flexibility index (Phi) is 5.76. The Morgan fingerprint density at radius 3 is 2.80 bits per heavy atom. The maximum Gasteiger partial charge on any atom is 0.241 e. The predicted octanol–water partition coefficient (Wildman–Crippen LogP) is 0.595. The van der Waals surface area contributed by atoms with Gasteiger partial charge in [0, 0.05) is 32.2 Å². The number of nitrogens with one attached hydrogen (secondary N) is 2. The van der Waals surface area contributed by atoms with Gasteiger partial charge in [0.25, 0.3) is 0 Å². The molecule has 1 fully saturated rings. The summed E-state index contributed by atoms with van der Waals surface area (Å²) < 4.78 is 1.49. The molecule has 25 heavy (non-hydrogen) atoms. The van der Waals surface area contributed by atoms with Crippen LogP contribution in [-0.4, -0.2) is 56.8 Å². The lowest BCUT2D eigenvalue weighted by Gasteiger charge is -2.28. The molecule has 134 valence electrons. The summed E-state index contributed by atoms with van der Waals surface area (Å²) in [6.45, 7) is 5.28. The fourth-order valence-electron chi connectivity index (χ4n) is 2.84. The van der Waals surface area contributed by atoms with Crippen molar-refractivity contribution in [3.63, 3.8) is 0 Å². The fraction of sp³-hybridized carbons (Fsp3) is 0.562. The lowest BCUT2D eigenvalue weighted by Crippen LogP contribution is -2.32. The molecule has 0 spiro atoms. The first-order chi connectivity index (χ1) is 12.2. The van der Waals surface area contributed by atoms with Gasteiger partial charge in [-0.1, -0.05) is 0 Å². The van der Waals surface area contributed by atoms with Crippen molar-refractivity contribution in [2.75, 3.05) is 36.4 Å². The lowest BCUT2D eigenvalue weighted by atomic mass is 10.1. The van der Waals surface area contributed by atoms with Gasteiger partial charge in [-0.05, 0) is 26.2 Å². The summed E-state index contributed by atoms with van der Waals surface area (Å²) in [5, 5.41) is 10.00. The molecule has 2 N–H and O–H groups in total. The molecule has 2 aromatic rings. The molecule has 0 atom stereocenters. The van der Waals surface area contributed by atoms with Gasteiger partial charge in [-0.3, -0.25) is 4.79 Å². The predicted molar refractivity (Wildman–Crippen MR) is 94.4 cm³/mol.